The van der Waals surface area contributed by atoms with E-state index < -0.39 is 5.91 Å². The van der Waals surface area contributed by atoms with Gasteiger partial charge in [-0.2, -0.15) is 0 Å². The molecule has 1 aliphatic rings. The van der Waals surface area contributed by atoms with E-state index in [4.69, 9.17) is 22.1 Å². The van der Waals surface area contributed by atoms with Gasteiger partial charge in [-0.05, 0) is 23.6 Å². The maximum Gasteiger partial charge on any atom is 0.255 e. The summed E-state index contributed by atoms with van der Waals surface area (Å²) in [5.74, 6) is 0.551. The molecule has 1 aliphatic heterocycles. The molecule has 114 valence electrons. The average molecular weight is 309 g/mol. The minimum atomic E-state index is -0.516. The second kappa shape index (κ2) is 6.96. The number of carbonyl (C=O) groups excluding carboxylic acids is 1. The minimum Gasteiger partial charge on any atom is -0.482 e. The van der Waals surface area contributed by atoms with E-state index in [0.29, 0.717) is 22.7 Å². The molecule has 0 saturated heterocycles. The molecule has 1 aromatic rings. The Kier molecular flexibility index (Phi) is 5.26. The van der Waals surface area contributed by atoms with Crippen LogP contribution in [0.2, 0.25) is 5.02 Å². The molecule has 1 heterocycles. The van der Waals surface area contributed by atoms with Crippen LogP contribution in [0.25, 0.3) is 0 Å². The second-order valence-corrected chi connectivity index (χ2v) is 6.02. The van der Waals surface area contributed by atoms with Gasteiger partial charge in [0.05, 0.1) is 5.02 Å². The summed E-state index contributed by atoms with van der Waals surface area (Å²) < 4.78 is 5.25. The van der Waals surface area contributed by atoms with E-state index in [1.54, 1.807) is 6.07 Å². The summed E-state index contributed by atoms with van der Waals surface area (Å²) in [4.78, 5) is 13.1. The van der Waals surface area contributed by atoms with Crippen molar-refractivity contribution in [3.63, 3.8) is 0 Å². The molecular weight excluding hydrogens is 288 g/mol. The van der Waals surface area contributed by atoms with Crippen molar-refractivity contribution in [1.29, 1.82) is 0 Å². The van der Waals surface area contributed by atoms with E-state index in [1.165, 1.54) is 0 Å². The summed E-state index contributed by atoms with van der Waals surface area (Å²) in [5.41, 5.74) is 6.18. The molecule has 4 nitrogen and oxygen atoms in total. The van der Waals surface area contributed by atoms with Gasteiger partial charge in [0.15, 0.2) is 6.61 Å². The Balaban J connectivity index is 2.02. The van der Waals surface area contributed by atoms with E-state index in [-0.39, 0.29) is 6.61 Å². The molecule has 0 aromatic heterocycles. The van der Waals surface area contributed by atoms with Gasteiger partial charge < -0.3 is 10.5 Å². The fourth-order valence-electron chi connectivity index (χ4n) is 2.54. The van der Waals surface area contributed by atoms with Crippen LogP contribution in [-0.4, -0.2) is 30.0 Å². The number of nitrogens with zero attached hydrogens (tertiary/aromatic N) is 1. The molecule has 0 unspecified atom stereocenters. The second-order valence-electron chi connectivity index (χ2n) is 5.61. The van der Waals surface area contributed by atoms with Gasteiger partial charge in [0.2, 0.25) is 0 Å². The molecule has 1 aromatic carbocycles. The predicted molar refractivity (Wildman–Crippen MR) is 84.3 cm³/mol. The summed E-state index contributed by atoms with van der Waals surface area (Å²) in [6.45, 7) is 6.08. The average Bonchev–Trinajstić information content (AvgIpc) is 2.86. The monoisotopic (exact) mass is 308 g/mol. The Morgan fingerprint density at radius 2 is 2.29 bits per heavy atom. The van der Waals surface area contributed by atoms with Crippen molar-refractivity contribution in [3.8, 4) is 5.75 Å². The van der Waals surface area contributed by atoms with Crippen molar-refractivity contribution >= 4 is 17.5 Å². The highest BCUT2D eigenvalue weighted by Crippen LogP contribution is 2.27. The first kappa shape index (κ1) is 15.9. The molecule has 5 heteroatoms. The number of hydrogen-bond donors (Lipinski definition) is 1. The van der Waals surface area contributed by atoms with Gasteiger partial charge in [0.1, 0.15) is 5.75 Å². The third-order valence-electron chi connectivity index (χ3n) is 3.53. The Hall–Kier alpha value is -1.52. The molecule has 0 bridgehead atoms. The van der Waals surface area contributed by atoms with Crippen LogP contribution in [0.4, 0.5) is 0 Å². The van der Waals surface area contributed by atoms with Crippen LogP contribution in [0.15, 0.2) is 30.4 Å². The largest absolute Gasteiger partial charge is 0.482 e. The molecule has 1 amide bonds. The van der Waals surface area contributed by atoms with Crippen LogP contribution in [0.1, 0.15) is 19.4 Å². The lowest BCUT2D eigenvalue weighted by molar-refractivity contribution is -0.119. The van der Waals surface area contributed by atoms with Crippen molar-refractivity contribution in [1.82, 2.24) is 4.90 Å². The zero-order valence-electron chi connectivity index (χ0n) is 12.4. The quantitative estimate of drug-likeness (QED) is 0.822. The zero-order valence-corrected chi connectivity index (χ0v) is 13.1. The first-order chi connectivity index (χ1) is 9.97. The SMILES string of the molecule is CC(C)[C@H]1C=CCN1Cc1ccc(OCC(N)=O)c(Cl)c1. The Morgan fingerprint density at radius 3 is 2.90 bits per heavy atom. The first-order valence-electron chi connectivity index (χ1n) is 7.07. The van der Waals surface area contributed by atoms with Gasteiger partial charge in [-0.3, -0.25) is 9.69 Å². The third-order valence-corrected chi connectivity index (χ3v) is 3.83. The molecule has 2 N–H and O–H groups in total. The number of benzene rings is 1. The van der Waals surface area contributed by atoms with Crippen LogP contribution in [-0.2, 0) is 11.3 Å². The number of hydrogen-bond acceptors (Lipinski definition) is 3. The molecule has 0 fully saturated rings. The maximum absolute atomic E-state index is 10.7. The lowest BCUT2D eigenvalue weighted by Crippen LogP contribution is -2.33. The zero-order chi connectivity index (χ0) is 15.4. The Labute approximate surface area is 130 Å². The molecule has 0 aliphatic carbocycles. The lowest BCUT2D eigenvalue weighted by Gasteiger charge is -2.27. The maximum atomic E-state index is 10.7. The van der Waals surface area contributed by atoms with Crippen molar-refractivity contribution in [2.75, 3.05) is 13.2 Å². The fourth-order valence-corrected chi connectivity index (χ4v) is 2.79. The van der Waals surface area contributed by atoms with Crippen LogP contribution in [0.3, 0.4) is 0 Å². The number of primary amides is 1. The number of amides is 1. The molecule has 0 spiro atoms. The van der Waals surface area contributed by atoms with E-state index >= 15 is 0 Å². The molecular formula is C16H21ClN2O2. The predicted octanol–water partition coefficient (Wildman–Crippen LogP) is 2.60. The summed E-state index contributed by atoms with van der Waals surface area (Å²) in [6.07, 6.45) is 4.47. The Bertz CT molecular complexity index is 543. The minimum absolute atomic E-state index is 0.162. The lowest BCUT2D eigenvalue weighted by atomic mass is 10.0. The van der Waals surface area contributed by atoms with Gasteiger partial charge in [0, 0.05) is 19.1 Å². The van der Waals surface area contributed by atoms with Gasteiger partial charge in [-0.1, -0.05) is 43.7 Å². The van der Waals surface area contributed by atoms with Crippen molar-refractivity contribution < 1.29 is 9.53 Å². The topological polar surface area (TPSA) is 55.6 Å². The Morgan fingerprint density at radius 1 is 1.52 bits per heavy atom. The first-order valence-corrected chi connectivity index (χ1v) is 7.45. The third kappa shape index (κ3) is 4.22. The van der Waals surface area contributed by atoms with Gasteiger partial charge in [-0.15, -0.1) is 0 Å². The summed E-state index contributed by atoms with van der Waals surface area (Å²) >= 11 is 6.19. The van der Waals surface area contributed by atoms with Gasteiger partial charge >= 0.3 is 0 Å². The normalized spacial score (nSPS) is 18.4. The number of rotatable bonds is 6. The summed E-state index contributed by atoms with van der Waals surface area (Å²) in [7, 11) is 0. The van der Waals surface area contributed by atoms with E-state index in [1.807, 2.05) is 12.1 Å². The van der Waals surface area contributed by atoms with Crippen LogP contribution in [0.5, 0.6) is 5.75 Å². The molecule has 0 radical (unpaired) electrons. The van der Waals surface area contributed by atoms with Crippen LogP contribution < -0.4 is 10.5 Å². The molecule has 0 saturated carbocycles. The number of carbonyl (C=O) groups is 1. The van der Waals surface area contributed by atoms with E-state index in [2.05, 4.69) is 30.9 Å². The standard InChI is InChI=1S/C16H21ClN2O2/c1-11(2)14-4-3-7-19(14)9-12-5-6-15(13(17)8-12)21-10-16(18)20/h3-6,8,11,14H,7,9-10H2,1-2H3,(H2,18,20)/t14-/m1/s1. The summed E-state index contributed by atoms with van der Waals surface area (Å²) in [6, 6.07) is 6.11. The van der Waals surface area contributed by atoms with Crippen LogP contribution >= 0.6 is 11.6 Å². The van der Waals surface area contributed by atoms with Crippen molar-refractivity contribution in [2.24, 2.45) is 11.7 Å². The van der Waals surface area contributed by atoms with Crippen LogP contribution in [0, 0.1) is 5.92 Å². The molecule has 21 heavy (non-hydrogen) atoms. The highest BCUT2D eigenvalue weighted by Gasteiger charge is 2.22. The van der Waals surface area contributed by atoms with E-state index in [9.17, 15) is 4.79 Å². The van der Waals surface area contributed by atoms with Crippen molar-refractivity contribution in [3.05, 3.63) is 40.9 Å². The smallest absolute Gasteiger partial charge is 0.255 e. The highest BCUT2D eigenvalue weighted by molar-refractivity contribution is 6.32. The number of halogens is 1. The highest BCUT2D eigenvalue weighted by atomic mass is 35.5. The van der Waals surface area contributed by atoms with Gasteiger partial charge in [0.25, 0.3) is 5.91 Å². The fraction of sp³-hybridized carbons (Fsp3) is 0.438. The van der Waals surface area contributed by atoms with E-state index in [0.717, 1.165) is 18.7 Å². The van der Waals surface area contributed by atoms with Crippen molar-refractivity contribution in [2.45, 2.75) is 26.4 Å². The number of ether oxygens (including phenoxy) is 1. The molecule has 1 atom stereocenters. The number of nitrogens with two attached hydrogens (primary N) is 1. The molecule has 2 rings (SSSR count). The summed E-state index contributed by atoms with van der Waals surface area (Å²) in [5, 5.41) is 0.502. The van der Waals surface area contributed by atoms with Gasteiger partial charge in [-0.25, -0.2) is 0 Å².